The second kappa shape index (κ2) is 7.98. The summed E-state index contributed by atoms with van der Waals surface area (Å²) in [7, 11) is 0. The number of hydrogen-bond donors (Lipinski definition) is 0. The van der Waals surface area contributed by atoms with Gasteiger partial charge in [0.1, 0.15) is 0 Å². The minimum Gasteiger partial charge on any atom is -0.266 e. The summed E-state index contributed by atoms with van der Waals surface area (Å²) in [6, 6.07) is 2.70. The molecule has 0 aliphatic heterocycles. The molecular weight excluding hydrogens is 387 g/mol. The quantitative estimate of drug-likeness (QED) is 0.568. The number of benzene rings is 1. The Morgan fingerprint density at radius 3 is 1.79 bits per heavy atom. The van der Waals surface area contributed by atoms with E-state index in [0.29, 0.717) is 12.0 Å². The zero-order valence-electron chi connectivity index (χ0n) is 16.6. The number of aromatic nitrogens is 2. The second-order valence-electron chi connectivity index (χ2n) is 7.68. The molecule has 1 heterocycles. The van der Waals surface area contributed by atoms with Crippen molar-refractivity contribution in [1.29, 1.82) is 0 Å². The van der Waals surface area contributed by atoms with Gasteiger partial charge in [-0.2, -0.15) is 5.10 Å². The molecule has 0 saturated carbocycles. The third-order valence-electron chi connectivity index (χ3n) is 4.89. The number of rotatable bonds is 4. The molecule has 0 saturated heterocycles. The summed E-state index contributed by atoms with van der Waals surface area (Å²) in [4.78, 5) is 0. The van der Waals surface area contributed by atoms with E-state index >= 15 is 0 Å². The molecule has 0 spiro atoms. The molecule has 2 aromatic rings. The Bertz CT molecular complexity index is 698. The molecule has 136 valence electrons. The van der Waals surface area contributed by atoms with E-state index in [1.54, 1.807) is 0 Å². The van der Waals surface area contributed by atoms with Crippen molar-refractivity contribution in [1.82, 2.24) is 9.78 Å². The molecule has 0 N–H and O–H groups in total. The first-order valence-electron chi connectivity index (χ1n) is 8.80. The van der Waals surface area contributed by atoms with Gasteiger partial charge in [0.05, 0.1) is 5.69 Å². The summed E-state index contributed by atoms with van der Waals surface area (Å²) in [6.07, 6.45) is 1.07. The standard InChI is InChI=1S/C21H32N2.Pd/c1-12(2)10-19-21(18(9)22-23(19)13(3)4)20-16(7)14(5)11-15(6)17(20)8;/h11-13H,10H2,1-9H3;. The van der Waals surface area contributed by atoms with Crippen LogP contribution >= 0.6 is 0 Å². The summed E-state index contributed by atoms with van der Waals surface area (Å²) >= 11 is 0. The van der Waals surface area contributed by atoms with Crippen LogP contribution in [0.2, 0.25) is 0 Å². The normalized spacial score (nSPS) is 11.3. The van der Waals surface area contributed by atoms with Crippen molar-refractivity contribution in [2.24, 2.45) is 5.92 Å². The molecule has 24 heavy (non-hydrogen) atoms. The summed E-state index contributed by atoms with van der Waals surface area (Å²) in [6.45, 7) is 20.1. The fraction of sp³-hybridized carbons (Fsp3) is 0.571. The number of aryl methyl sites for hydroxylation is 3. The van der Waals surface area contributed by atoms with Crippen LogP contribution in [0.25, 0.3) is 11.1 Å². The summed E-state index contributed by atoms with van der Waals surface area (Å²) < 4.78 is 2.24. The van der Waals surface area contributed by atoms with Crippen LogP contribution < -0.4 is 0 Å². The van der Waals surface area contributed by atoms with Gasteiger partial charge in [0.2, 0.25) is 0 Å². The van der Waals surface area contributed by atoms with Crippen molar-refractivity contribution in [2.45, 2.75) is 74.8 Å². The van der Waals surface area contributed by atoms with Gasteiger partial charge in [-0.3, -0.25) is 4.68 Å². The fourth-order valence-corrected chi connectivity index (χ4v) is 3.52. The van der Waals surface area contributed by atoms with Gasteiger partial charge in [0, 0.05) is 37.7 Å². The van der Waals surface area contributed by atoms with E-state index in [9.17, 15) is 0 Å². The minimum absolute atomic E-state index is 0. The molecule has 3 heteroatoms. The zero-order chi connectivity index (χ0) is 17.5. The Morgan fingerprint density at radius 2 is 1.38 bits per heavy atom. The van der Waals surface area contributed by atoms with E-state index in [1.807, 2.05) is 0 Å². The van der Waals surface area contributed by atoms with E-state index in [1.165, 1.54) is 39.1 Å². The van der Waals surface area contributed by atoms with Crippen LogP contribution in [0.1, 0.15) is 67.4 Å². The first-order valence-corrected chi connectivity index (χ1v) is 8.80. The maximum absolute atomic E-state index is 4.90. The van der Waals surface area contributed by atoms with Crippen molar-refractivity contribution < 1.29 is 20.4 Å². The third-order valence-corrected chi connectivity index (χ3v) is 4.89. The molecular formula is C21H32N2Pd. The van der Waals surface area contributed by atoms with Crippen LogP contribution in [-0.4, -0.2) is 9.78 Å². The zero-order valence-corrected chi connectivity index (χ0v) is 18.2. The molecule has 0 atom stereocenters. The first kappa shape index (κ1) is 21.1. The summed E-state index contributed by atoms with van der Waals surface area (Å²) in [5.74, 6) is 0.619. The Kier molecular flexibility index (Phi) is 7.03. The van der Waals surface area contributed by atoms with Crippen LogP contribution in [-0.2, 0) is 26.8 Å². The van der Waals surface area contributed by atoms with Crippen LogP contribution in [0.3, 0.4) is 0 Å². The van der Waals surface area contributed by atoms with Crippen LogP contribution in [0, 0.1) is 40.5 Å². The Hall–Kier alpha value is -0.908. The fourth-order valence-electron chi connectivity index (χ4n) is 3.52. The van der Waals surface area contributed by atoms with Crippen LogP contribution in [0.4, 0.5) is 0 Å². The minimum atomic E-state index is 0. The smallest absolute Gasteiger partial charge is 0.0675 e. The van der Waals surface area contributed by atoms with Gasteiger partial charge in [0.15, 0.2) is 0 Å². The van der Waals surface area contributed by atoms with Gasteiger partial charge in [0.25, 0.3) is 0 Å². The van der Waals surface area contributed by atoms with E-state index in [2.05, 4.69) is 73.1 Å². The van der Waals surface area contributed by atoms with Crippen molar-refractivity contribution in [3.8, 4) is 11.1 Å². The summed E-state index contributed by atoms with van der Waals surface area (Å²) in [5, 5.41) is 4.90. The van der Waals surface area contributed by atoms with Gasteiger partial charge < -0.3 is 0 Å². The molecule has 0 bridgehead atoms. The SMILES string of the molecule is Cc1cc(C)c(C)c(-c2c(C)nn(C(C)C)c2CC(C)C)c1C.[Pd]. The van der Waals surface area contributed by atoms with Crippen molar-refractivity contribution in [3.63, 3.8) is 0 Å². The molecule has 0 aliphatic carbocycles. The maximum atomic E-state index is 4.90. The predicted molar refractivity (Wildman–Crippen MR) is 100 cm³/mol. The molecule has 0 fully saturated rings. The first-order chi connectivity index (χ1) is 10.6. The largest absolute Gasteiger partial charge is 0.266 e. The molecule has 0 radical (unpaired) electrons. The van der Waals surface area contributed by atoms with Crippen molar-refractivity contribution in [3.05, 3.63) is 39.7 Å². The van der Waals surface area contributed by atoms with Gasteiger partial charge in [-0.05, 0) is 88.6 Å². The molecule has 0 aliphatic rings. The Balaban J connectivity index is 0.00000288. The average molecular weight is 419 g/mol. The van der Waals surface area contributed by atoms with Crippen molar-refractivity contribution in [2.75, 3.05) is 0 Å². The second-order valence-corrected chi connectivity index (χ2v) is 7.68. The molecule has 2 nitrogen and oxygen atoms in total. The van der Waals surface area contributed by atoms with Crippen molar-refractivity contribution >= 4 is 0 Å². The van der Waals surface area contributed by atoms with Gasteiger partial charge >= 0.3 is 0 Å². The Labute approximate surface area is 161 Å². The molecule has 1 aromatic heterocycles. The van der Waals surface area contributed by atoms with E-state index in [-0.39, 0.29) is 20.4 Å². The molecule has 1 aromatic carbocycles. The van der Waals surface area contributed by atoms with Crippen LogP contribution in [0.5, 0.6) is 0 Å². The number of hydrogen-bond acceptors (Lipinski definition) is 1. The molecule has 0 unspecified atom stereocenters. The number of nitrogens with zero attached hydrogens (tertiary/aromatic N) is 2. The third kappa shape index (κ3) is 3.84. The van der Waals surface area contributed by atoms with E-state index in [4.69, 9.17) is 5.10 Å². The predicted octanol–water partition coefficient (Wildman–Crippen LogP) is 5.87. The van der Waals surface area contributed by atoms with E-state index in [0.717, 1.165) is 12.1 Å². The van der Waals surface area contributed by atoms with Crippen LogP contribution in [0.15, 0.2) is 6.07 Å². The van der Waals surface area contributed by atoms with Gasteiger partial charge in [-0.1, -0.05) is 19.9 Å². The van der Waals surface area contributed by atoms with Gasteiger partial charge in [-0.15, -0.1) is 0 Å². The average Bonchev–Trinajstić information content (AvgIpc) is 2.74. The monoisotopic (exact) mass is 418 g/mol. The molecule has 0 amide bonds. The maximum Gasteiger partial charge on any atom is 0.0675 e. The van der Waals surface area contributed by atoms with Gasteiger partial charge in [-0.25, -0.2) is 0 Å². The van der Waals surface area contributed by atoms with E-state index < -0.39 is 0 Å². The Morgan fingerprint density at radius 1 is 0.875 bits per heavy atom. The summed E-state index contributed by atoms with van der Waals surface area (Å²) in [5.41, 5.74) is 10.9. The topological polar surface area (TPSA) is 17.8 Å². The molecule has 2 rings (SSSR count).